The van der Waals surface area contributed by atoms with E-state index in [0.29, 0.717) is 39.3 Å². The SMILES string of the molecule is CCN(CC)CCOCCC(=O)NCCCCCCNC(=O)OCCN(CC)CC. The number of unbranched alkanes of at least 4 members (excludes halogenated alkanes) is 3. The molecule has 0 unspecified atom stereocenters. The topological polar surface area (TPSA) is 83.1 Å². The first-order valence-electron chi connectivity index (χ1n) is 11.8. The summed E-state index contributed by atoms with van der Waals surface area (Å²) in [6.07, 6.45) is 3.98. The Morgan fingerprint density at radius 1 is 0.700 bits per heavy atom. The molecule has 0 aromatic rings. The van der Waals surface area contributed by atoms with E-state index in [9.17, 15) is 9.59 Å². The lowest BCUT2D eigenvalue weighted by molar-refractivity contribution is -0.122. The van der Waals surface area contributed by atoms with Crippen molar-refractivity contribution in [2.45, 2.75) is 59.8 Å². The van der Waals surface area contributed by atoms with E-state index >= 15 is 0 Å². The Labute approximate surface area is 184 Å². The average molecular weight is 431 g/mol. The number of hydrogen-bond donors (Lipinski definition) is 2. The Morgan fingerprint density at radius 2 is 1.23 bits per heavy atom. The zero-order valence-electron chi connectivity index (χ0n) is 19.8. The first-order chi connectivity index (χ1) is 14.6. The highest BCUT2D eigenvalue weighted by atomic mass is 16.5. The molecule has 0 aliphatic heterocycles. The van der Waals surface area contributed by atoms with Crippen LogP contribution in [0.2, 0.25) is 0 Å². The molecule has 8 nitrogen and oxygen atoms in total. The fourth-order valence-electron chi connectivity index (χ4n) is 2.97. The number of alkyl carbamates (subject to hydrolysis) is 1. The molecule has 0 aromatic carbocycles. The molecule has 0 heterocycles. The van der Waals surface area contributed by atoms with Gasteiger partial charge in [-0.25, -0.2) is 4.79 Å². The fourth-order valence-corrected chi connectivity index (χ4v) is 2.97. The first kappa shape index (κ1) is 28.6. The molecule has 0 saturated carbocycles. The van der Waals surface area contributed by atoms with Crippen LogP contribution in [-0.2, 0) is 14.3 Å². The lowest BCUT2D eigenvalue weighted by Gasteiger charge is -2.17. The van der Waals surface area contributed by atoms with Crippen LogP contribution in [0.15, 0.2) is 0 Å². The number of carbonyl (C=O) groups excluding carboxylic acids is 2. The Kier molecular flexibility index (Phi) is 19.9. The van der Waals surface area contributed by atoms with Gasteiger partial charge >= 0.3 is 6.09 Å². The summed E-state index contributed by atoms with van der Waals surface area (Å²) >= 11 is 0. The van der Waals surface area contributed by atoms with Gasteiger partial charge in [-0.3, -0.25) is 4.79 Å². The van der Waals surface area contributed by atoms with E-state index in [1.54, 1.807) is 0 Å². The van der Waals surface area contributed by atoms with E-state index in [0.717, 1.165) is 65.0 Å². The highest BCUT2D eigenvalue weighted by Crippen LogP contribution is 1.98. The number of hydrogen-bond acceptors (Lipinski definition) is 6. The second kappa shape index (κ2) is 20.9. The summed E-state index contributed by atoms with van der Waals surface area (Å²) in [5.41, 5.74) is 0. The molecule has 0 spiro atoms. The van der Waals surface area contributed by atoms with Crippen molar-refractivity contribution < 1.29 is 19.1 Å². The Balaban J connectivity index is 3.40. The number of nitrogens with one attached hydrogen (secondary N) is 2. The maximum absolute atomic E-state index is 11.8. The van der Waals surface area contributed by atoms with Crippen molar-refractivity contribution in [2.24, 2.45) is 0 Å². The van der Waals surface area contributed by atoms with Crippen molar-refractivity contribution in [1.82, 2.24) is 20.4 Å². The third kappa shape index (κ3) is 17.5. The molecular formula is C22H46N4O4. The zero-order valence-corrected chi connectivity index (χ0v) is 19.8. The van der Waals surface area contributed by atoms with Crippen LogP contribution >= 0.6 is 0 Å². The van der Waals surface area contributed by atoms with E-state index in [1.165, 1.54) is 0 Å². The molecule has 0 aliphatic carbocycles. The van der Waals surface area contributed by atoms with Crippen molar-refractivity contribution >= 4 is 12.0 Å². The van der Waals surface area contributed by atoms with Gasteiger partial charge in [0, 0.05) is 32.6 Å². The van der Waals surface area contributed by atoms with Crippen LogP contribution in [-0.4, -0.2) is 94.0 Å². The standard InChI is InChI=1S/C22H46N4O4/c1-5-25(6-2)16-19-29-18-13-21(27)23-14-11-9-10-12-15-24-22(28)30-20-17-26(7-3)8-4/h5-20H2,1-4H3,(H,23,27)(H,24,28). The molecule has 0 aliphatic rings. The van der Waals surface area contributed by atoms with E-state index < -0.39 is 0 Å². The van der Waals surface area contributed by atoms with Gasteiger partial charge in [-0.15, -0.1) is 0 Å². The monoisotopic (exact) mass is 430 g/mol. The number of amides is 2. The average Bonchev–Trinajstić information content (AvgIpc) is 2.75. The summed E-state index contributed by atoms with van der Waals surface area (Å²) in [5.74, 6) is 0.0481. The summed E-state index contributed by atoms with van der Waals surface area (Å²) in [6.45, 7) is 17.0. The molecule has 0 saturated heterocycles. The number of nitrogens with zero attached hydrogens (tertiary/aromatic N) is 2. The van der Waals surface area contributed by atoms with Gasteiger partial charge in [0.1, 0.15) is 6.61 Å². The van der Waals surface area contributed by atoms with Crippen LogP contribution in [0.25, 0.3) is 0 Å². The lowest BCUT2D eigenvalue weighted by Crippen LogP contribution is -2.31. The van der Waals surface area contributed by atoms with Crippen LogP contribution in [0, 0.1) is 0 Å². The van der Waals surface area contributed by atoms with Gasteiger partial charge in [0.15, 0.2) is 0 Å². The molecule has 0 radical (unpaired) electrons. The van der Waals surface area contributed by atoms with Crippen molar-refractivity contribution in [2.75, 3.05) is 72.2 Å². The van der Waals surface area contributed by atoms with E-state index in [2.05, 4.69) is 48.1 Å². The number of ether oxygens (including phenoxy) is 2. The third-order valence-corrected chi connectivity index (χ3v) is 5.15. The van der Waals surface area contributed by atoms with Gasteiger partial charge in [0.2, 0.25) is 5.91 Å². The maximum atomic E-state index is 11.8. The van der Waals surface area contributed by atoms with Gasteiger partial charge in [0.05, 0.1) is 13.2 Å². The summed E-state index contributed by atoms with van der Waals surface area (Å²) < 4.78 is 10.7. The van der Waals surface area contributed by atoms with Gasteiger partial charge in [-0.2, -0.15) is 0 Å². The predicted molar refractivity (Wildman–Crippen MR) is 122 cm³/mol. The summed E-state index contributed by atoms with van der Waals surface area (Å²) in [4.78, 5) is 27.9. The third-order valence-electron chi connectivity index (χ3n) is 5.15. The van der Waals surface area contributed by atoms with Crippen LogP contribution in [0.4, 0.5) is 4.79 Å². The van der Waals surface area contributed by atoms with Crippen molar-refractivity contribution in [1.29, 1.82) is 0 Å². The predicted octanol–water partition coefficient (Wildman–Crippen LogP) is 2.48. The molecule has 0 atom stereocenters. The van der Waals surface area contributed by atoms with Crippen molar-refractivity contribution in [3.63, 3.8) is 0 Å². The quantitative estimate of drug-likeness (QED) is 0.289. The molecular weight excluding hydrogens is 384 g/mol. The lowest BCUT2D eigenvalue weighted by atomic mass is 10.2. The normalized spacial score (nSPS) is 11.1. The fraction of sp³-hybridized carbons (Fsp3) is 0.909. The smallest absolute Gasteiger partial charge is 0.407 e. The maximum Gasteiger partial charge on any atom is 0.407 e. The van der Waals surface area contributed by atoms with Crippen molar-refractivity contribution in [3.8, 4) is 0 Å². The molecule has 2 N–H and O–H groups in total. The second-order valence-electron chi connectivity index (χ2n) is 7.24. The molecule has 0 aromatic heterocycles. The molecule has 0 rings (SSSR count). The molecule has 2 amide bonds. The molecule has 8 heteroatoms. The number of likely N-dealkylation sites (N-methyl/N-ethyl adjacent to an activating group) is 2. The minimum Gasteiger partial charge on any atom is -0.448 e. The number of carbonyl (C=O) groups is 2. The van der Waals surface area contributed by atoms with Gasteiger partial charge < -0.3 is 29.9 Å². The van der Waals surface area contributed by atoms with Crippen LogP contribution < -0.4 is 10.6 Å². The minimum absolute atomic E-state index is 0.0481. The molecule has 178 valence electrons. The Morgan fingerprint density at radius 3 is 1.80 bits per heavy atom. The second-order valence-corrected chi connectivity index (χ2v) is 7.24. The summed E-state index contributed by atoms with van der Waals surface area (Å²) in [6, 6.07) is 0. The van der Waals surface area contributed by atoms with E-state index in [4.69, 9.17) is 9.47 Å². The van der Waals surface area contributed by atoms with Crippen LogP contribution in [0.1, 0.15) is 59.8 Å². The van der Waals surface area contributed by atoms with Crippen molar-refractivity contribution in [3.05, 3.63) is 0 Å². The Bertz CT molecular complexity index is 416. The van der Waals surface area contributed by atoms with Gasteiger partial charge in [-0.1, -0.05) is 40.5 Å². The summed E-state index contributed by atoms with van der Waals surface area (Å²) in [5, 5.41) is 5.72. The van der Waals surface area contributed by atoms with Crippen LogP contribution in [0.5, 0.6) is 0 Å². The first-order valence-corrected chi connectivity index (χ1v) is 11.8. The highest BCUT2D eigenvalue weighted by molar-refractivity contribution is 5.75. The van der Waals surface area contributed by atoms with Gasteiger partial charge in [-0.05, 0) is 39.0 Å². The summed E-state index contributed by atoms with van der Waals surface area (Å²) in [7, 11) is 0. The largest absolute Gasteiger partial charge is 0.448 e. The number of rotatable bonds is 20. The van der Waals surface area contributed by atoms with Gasteiger partial charge in [0.25, 0.3) is 0 Å². The zero-order chi connectivity index (χ0) is 22.5. The molecule has 0 bridgehead atoms. The van der Waals surface area contributed by atoms with Crippen LogP contribution in [0.3, 0.4) is 0 Å². The molecule has 0 fully saturated rings. The van der Waals surface area contributed by atoms with E-state index in [-0.39, 0.29) is 12.0 Å². The molecule has 30 heavy (non-hydrogen) atoms. The highest BCUT2D eigenvalue weighted by Gasteiger charge is 2.04. The minimum atomic E-state index is -0.339. The van der Waals surface area contributed by atoms with E-state index in [1.807, 2.05) is 0 Å². The Hall–Kier alpha value is -1.38.